The van der Waals surface area contributed by atoms with E-state index < -0.39 is 0 Å². The molecule has 86 valence electrons. The average molecular weight is 227 g/mol. The van der Waals surface area contributed by atoms with E-state index in [1.165, 1.54) is 5.56 Å². The third-order valence-electron chi connectivity index (χ3n) is 2.62. The number of aryl methyl sites for hydroxylation is 1. The molecule has 0 saturated heterocycles. The van der Waals surface area contributed by atoms with Gasteiger partial charge < -0.3 is 4.74 Å². The Morgan fingerprint density at radius 2 is 1.71 bits per heavy atom. The van der Waals surface area contributed by atoms with E-state index in [0.29, 0.717) is 5.88 Å². The molecule has 0 amide bonds. The van der Waals surface area contributed by atoms with Crippen LogP contribution in [0.4, 0.5) is 0 Å². The highest BCUT2D eigenvalue weighted by atomic mass is 16.5. The van der Waals surface area contributed by atoms with Gasteiger partial charge in [0.1, 0.15) is 0 Å². The third kappa shape index (κ3) is 2.50. The van der Waals surface area contributed by atoms with E-state index in [0.717, 1.165) is 16.8 Å². The first-order chi connectivity index (χ1) is 8.20. The summed E-state index contributed by atoms with van der Waals surface area (Å²) in [6.45, 7) is 2.05. The molecular formula is C14H15N2O+. The van der Waals surface area contributed by atoms with Gasteiger partial charge in [0.05, 0.1) is 12.7 Å². The largest absolute Gasteiger partial charge is 0.481 e. The van der Waals surface area contributed by atoms with Crippen molar-refractivity contribution in [2.75, 3.05) is 7.11 Å². The highest BCUT2D eigenvalue weighted by Crippen LogP contribution is 2.11. The number of pyridine rings is 1. The monoisotopic (exact) mass is 227 g/mol. The lowest BCUT2D eigenvalue weighted by Crippen LogP contribution is -2.41. The van der Waals surface area contributed by atoms with Crippen LogP contribution in [0.25, 0.3) is 0 Å². The van der Waals surface area contributed by atoms with Crippen molar-refractivity contribution in [3.63, 3.8) is 0 Å². The minimum Gasteiger partial charge on any atom is -0.481 e. The number of rotatable bonds is 3. The van der Waals surface area contributed by atoms with Crippen molar-refractivity contribution < 1.29 is 10.1 Å². The van der Waals surface area contributed by atoms with Crippen molar-refractivity contribution in [3.8, 4) is 5.88 Å². The maximum absolute atomic E-state index is 6.09. The molecule has 3 nitrogen and oxygen atoms in total. The van der Waals surface area contributed by atoms with Crippen LogP contribution in [0, 0.1) is 6.92 Å². The van der Waals surface area contributed by atoms with Crippen molar-refractivity contribution in [3.05, 3.63) is 59.3 Å². The smallest absolute Gasteiger partial charge is 0.212 e. The number of nitrogens with two attached hydrogens (primary N) is 1. The Labute approximate surface area is 101 Å². The maximum Gasteiger partial charge on any atom is 0.212 e. The minimum absolute atomic E-state index is 0.588. The van der Waals surface area contributed by atoms with E-state index in [9.17, 15) is 0 Å². The fraction of sp³-hybridized carbons (Fsp3) is 0.143. The summed E-state index contributed by atoms with van der Waals surface area (Å²) in [4.78, 5) is 4.14. The van der Waals surface area contributed by atoms with E-state index in [2.05, 4.69) is 11.9 Å². The molecule has 0 aliphatic carbocycles. The van der Waals surface area contributed by atoms with Crippen molar-refractivity contribution in [1.29, 1.82) is 0 Å². The first kappa shape index (κ1) is 11.3. The highest BCUT2D eigenvalue weighted by Gasteiger charge is 2.10. The lowest BCUT2D eigenvalue weighted by atomic mass is 10.0. The molecule has 2 rings (SSSR count). The van der Waals surface area contributed by atoms with E-state index >= 15 is 0 Å². The van der Waals surface area contributed by atoms with Gasteiger partial charge in [-0.1, -0.05) is 17.7 Å². The lowest BCUT2D eigenvalue weighted by Gasteiger charge is -2.01. The number of aromatic nitrogens is 1. The number of methoxy groups -OCH3 is 1. The zero-order valence-electron chi connectivity index (χ0n) is 9.97. The topological polar surface area (TPSA) is 47.7 Å². The molecule has 0 aliphatic heterocycles. The standard InChI is InChI=1S/C14H14N2O/c1-10-3-5-11(6-4-10)14(15)12-7-8-13(17-2)16-9-12/h3-9,15H,1-2H3/p+1. The Kier molecular flexibility index (Phi) is 3.19. The summed E-state index contributed by atoms with van der Waals surface area (Å²) in [6, 6.07) is 11.8. The van der Waals surface area contributed by atoms with Gasteiger partial charge in [0, 0.05) is 17.8 Å². The maximum atomic E-state index is 6.09. The fourth-order valence-corrected chi connectivity index (χ4v) is 1.56. The molecule has 0 atom stereocenters. The SMILES string of the molecule is COc1ccc(C(=[NH2+])c2ccc(C)cc2)cn1. The summed E-state index contributed by atoms with van der Waals surface area (Å²) in [5.74, 6) is 0.588. The van der Waals surface area contributed by atoms with Gasteiger partial charge in [0.2, 0.25) is 11.6 Å². The summed E-state index contributed by atoms with van der Waals surface area (Å²) < 4.78 is 5.01. The van der Waals surface area contributed by atoms with Crippen LogP contribution in [0.2, 0.25) is 0 Å². The van der Waals surface area contributed by atoms with Crippen LogP contribution < -0.4 is 10.1 Å². The Balaban J connectivity index is 2.27. The Morgan fingerprint density at radius 1 is 1.06 bits per heavy atom. The number of ether oxygens (including phenoxy) is 1. The van der Waals surface area contributed by atoms with Gasteiger partial charge in [-0.3, -0.25) is 5.41 Å². The van der Waals surface area contributed by atoms with Gasteiger partial charge in [0.25, 0.3) is 0 Å². The molecule has 0 aliphatic rings. The first-order valence-electron chi connectivity index (χ1n) is 5.40. The lowest BCUT2D eigenvalue weighted by molar-refractivity contribution is -0.111. The van der Waals surface area contributed by atoms with Gasteiger partial charge in [-0.2, -0.15) is 0 Å². The number of hydrogen-bond donors (Lipinski definition) is 1. The molecule has 3 heteroatoms. The van der Waals surface area contributed by atoms with E-state index in [-0.39, 0.29) is 0 Å². The molecule has 0 bridgehead atoms. The normalized spacial score (nSPS) is 10.0. The molecule has 0 unspecified atom stereocenters. The van der Waals surface area contributed by atoms with E-state index in [1.807, 2.05) is 30.3 Å². The van der Waals surface area contributed by atoms with Crippen LogP contribution in [0.15, 0.2) is 42.6 Å². The number of nitrogens with zero attached hydrogens (tertiary/aromatic N) is 1. The van der Waals surface area contributed by atoms with Gasteiger partial charge in [-0.25, -0.2) is 4.98 Å². The van der Waals surface area contributed by atoms with Gasteiger partial charge in [0.15, 0.2) is 0 Å². The van der Waals surface area contributed by atoms with Gasteiger partial charge in [-0.05, 0) is 25.1 Å². The van der Waals surface area contributed by atoms with Crippen molar-refractivity contribution in [2.45, 2.75) is 6.92 Å². The van der Waals surface area contributed by atoms with Crippen molar-refractivity contribution in [1.82, 2.24) is 4.98 Å². The van der Waals surface area contributed by atoms with Crippen molar-refractivity contribution in [2.24, 2.45) is 0 Å². The minimum atomic E-state index is 0.588. The molecule has 17 heavy (non-hydrogen) atoms. The quantitative estimate of drug-likeness (QED) is 0.795. The van der Waals surface area contributed by atoms with Crippen LogP contribution >= 0.6 is 0 Å². The highest BCUT2D eigenvalue weighted by molar-refractivity contribution is 6.08. The van der Waals surface area contributed by atoms with Crippen LogP contribution in [0.3, 0.4) is 0 Å². The summed E-state index contributed by atoms with van der Waals surface area (Å²) >= 11 is 0. The van der Waals surface area contributed by atoms with Crippen LogP contribution in [0.5, 0.6) is 5.88 Å². The Bertz CT molecular complexity index is 515. The molecule has 1 aromatic carbocycles. The third-order valence-corrected chi connectivity index (χ3v) is 2.62. The predicted molar refractivity (Wildman–Crippen MR) is 67.1 cm³/mol. The molecule has 1 aromatic heterocycles. The van der Waals surface area contributed by atoms with Crippen molar-refractivity contribution >= 4 is 5.71 Å². The number of benzene rings is 1. The van der Waals surface area contributed by atoms with Crippen LogP contribution in [-0.4, -0.2) is 17.8 Å². The molecule has 0 radical (unpaired) electrons. The molecule has 2 aromatic rings. The van der Waals surface area contributed by atoms with Gasteiger partial charge in [-0.15, -0.1) is 0 Å². The molecule has 0 saturated carbocycles. The summed E-state index contributed by atoms with van der Waals surface area (Å²) in [7, 11) is 1.59. The molecular weight excluding hydrogens is 212 g/mol. The van der Waals surface area contributed by atoms with E-state index in [1.54, 1.807) is 19.4 Å². The Hall–Kier alpha value is -2.16. The zero-order chi connectivity index (χ0) is 12.3. The van der Waals surface area contributed by atoms with Crippen LogP contribution in [-0.2, 0) is 0 Å². The second kappa shape index (κ2) is 4.78. The van der Waals surface area contributed by atoms with Crippen LogP contribution in [0.1, 0.15) is 16.7 Å². The second-order valence-electron chi connectivity index (χ2n) is 3.87. The molecule has 1 heterocycles. The molecule has 2 N–H and O–H groups in total. The summed E-state index contributed by atoms with van der Waals surface area (Å²) in [5, 5.41) is 6.09. The van der Waals surface area contributed by atoms with E-state index in [4.69, 9.17) is 10.1 Å². The number of hydrogen-bond acceptors (Lipinski definition) is 2. The second-order valence-corrected chi connectivity index (χ2v) is 3.87. The summed E-state index contributed by atoms with van der Waals surface area (Å²) in [5.41, 5.74) is 3.84. The fourth-order valence-electron chi connectivity index (χ4n) is 1.56. The average Bonchev–Trinajstić information content (AvgIpc) is 2.39. The predicted octanol–water partition coefficient (Wildman–Crippen LogP) is 0.995. The molecule has 0 spiro atoms. The summed E-state index contributed by atoms with van der Waals surface area (Å²) in [6.07, 6.45) is 1.72. The molecule has 0 fully saturated rings. The first-order valence-corrected chi connectivity index (χ1v) is 5.40. The van der Waals surface area contributed by atoms with Gasteiger partial charge >= 0.3 is 0 Å². The Morgan fingerprint density at radius 3 is 2.24 bits per heavy atom. The zero-order valence-corrected chi connectivity index (χ0v) is 9.97.